The summed E-state index contributed by atoms with van der Waals surface area (Å²) in [6, 6.07) is 13.6. The molecule has 1 saturated heterocycles. The highest BCUT2D eigenvalue weighted by molar-refractivity contribution is 6.06. The third-order valence-electron chi connectivity index (χ3n) is 6.92. The molecule has 0 spiro atoms. The molecule has 3 N–H and O–H groups in total. The van der Waals surface area contributed by atoms with Crippen molar-refractivity contribution in [2.75, 3.05) is 25.0 Å². The van der Waals surface area contributed by atoms with Gasteiger partial charge in [0.15, 0.2) is 5.78 Å². The Hall–Kier alpha value is -4.31. The number of aromatic nitrogens is 1. The Morgan fingerprint density at radius 1 is 0.974 bits per heavy atom. The monoisotopic (exact) mass is 532 g/mol. The summed E-state index contributed by atoms with van der Waals surface area (Å²) in [5.74, 6) is -2.70. The van der Waals surface area contributed by atoms with Crippen LogP contribution in [-0.2, 0) is 14.4 Å². The number of carboxylic acids is 1. The summed E-state index contributed by atoms with van der Waals surface area (Å²) >= 11 is 0. The van der Waals surface area contributed by atoms with E-state index < -0.39 is 41.8 Å². The number of likely N-dealkylation sites (tertiary alicyclic amines) is 1. The van der Waals surface area contributed by atoms with Gasteiger partial charge in [-0.3, -0.25) is 28.9 Å². The zero-order valence-electron chi connectivity index (χ0n) is 21.8. The number of nitrogens with one attached hydrogen (secondary N) is 2. The van der Waals surface area contributed by atoms with Crippen molar-refractivity contribution in [3.63, 3.8) is 0 Å². The summed E-state index contributed by atoms with van der Waals surface area (Å²) in [5.41, 5.74) is -0.220. The van der Waals surface area contributed by atoms with E-state index in [0.29, 0.717) is 5.56 Å². The number of carbonyl (C=O) groups excluding carboxylic acids is 3. The average molecular weight is 533 g/mol. The maximum atomic E-state index is 13.3. The van der Waals surface area contributed by atoms with Gasteiger partial charge in [-0.25, -0.2) is 0 Å². The van der Waals surface area contributed by atoms with E-state index in [9.17, 15) is 29.1 Å². The average Bonchev–Trinajstić information content (AvgIpc) is 3.43. The third kappa shape index (κ3) is 6.77. The molecule has 4 rings (SSSR count). The molecule has 1 aromatic heterocycles. The number of fused-ring (bicyclic) bond motifs is 1. The van der Waals surface area contributed by atoms with E-state index in [1.165, 1.54) is 16.8 Å². The first kappa shape index (κ1) is 27.7. The zero-order chi connectivity index (χ0) is 27.9. The minimum absolute atomic E-state index is 0.00546. The number of anilines is 1. The van der Waals surface area contributed by atoms with E-state index in [2.05, 4.69) is 10.6 Å². The maximum Gasteiger partial charge on any atom is 0.305 e. The van der Waals surface area contributed by atoms with E-state index in [1.807, 2.05) is 35.2 Å². The van der Waals surface area contributed by atoms with E-state index in [4.69, 9.17) is 0 Å². The Morgan fingerprint density at radius 3 is 2.38 bits per heavy atom. The van der Waals surface area contributed by atoms with Crippen LogP contribution in [0.3, 0.4) is 0 Å². The molecule has 2 heterocycles. The number of aliphatic carboxylic acids is 1. The fourth-order valence-electron chi connectivity index (χ4n) is 4.84. The molecular formula is C29H32N4O6. The lowest BCUT2D eigenvalue weighted by Gasteiger charge is -2.24. The van der Waals surface area contributed by atoms with Crippen molar-refractivity contribution in [3.05, 3.63) is 76.7 Å². The predicted molar refractivity (Wildman–Crippen MR) is 147 cm³/mol. The van der Waals surface area contributed by atoms with Crippen molar-refractivity contribution >= 4 is 40.0 Å². The van der Waals surface area contributed by atoms with Crippen molar-refractivity contribution in [2.45, 2.75) is 44.7 Å². The summed E-state index contributed by atoms with van der Waals surface area (Å²) in [6.45, 7) is 3.27. The van der Waals surface area contributed by atoms with Crippen LogP contribution in [0.15, 0.2) is 65.6 Å². The first-order valence-corrected chi connectivity index (χ1v) is 13.1. The van der Waals surface area contributed by atoms with Crippen LogP contribution in [0.5, 0.6) is 0 Å². The first-order valence-electron chi connectivity index (χ1n) is 13.1. The highest BCUT2D eigenvalue weighted by atomic mass is 16.4. The number of benzene rings is 2. The number of carboxylic acid groups (broad SMARTS) is 1. The van der Waals surface area contributed by atoms with Gasteiger partial charge in [0.05, 0.1) is 19.0 Å². The Balaban J connectivity index is 1.51. The molecule has 1 fully saturated rings. The molecule has 2 atom stereocenters. The zero-order valence-corrected chi connectivity index (χ0v) is 21.8. The Labute approximate surface area is 225 Å². The SMILES string of the molecule is CCC(C(=O)NC(CC(=O)O)C(=O)CN1CCCC1)n1cccc(NC(=O)c2ccc3ccccc3c2)c1=O. The lowest BCUT2D eigenvalue weighted by molar-refractivity contribution is -0.140. The minimum atomic E-state index is -1.21. The standard InChI is InChI=1S/C29H32N4O6/c1-2-24(28(38)31-23(17-26(35)36)25(34)18-32-13-5-6-14-32)33-15-7-10-22(29(33)39)30-27(37)21-12-11-19-8-3-4-9-20(19)16-21/h3-4,7-12,15-16,23-24H,2,5-6,13-14,17-18H2,1H3,(H,30,37)(H,31,38)(H,35,36). The number of ketones is 1. The molecule has 1 aliphatic heterocycles. The molecule has 10 nitrogen and oxygen atoms in total. The molecule has 0 bridgehead atoms. The second-order valence-corrected chi connectivity index (χ2v) is 9.68. The molecule has 0 saturated carbocycles. The molecule has 0 radical (unpaired) electrons. The van der Waals surface area contributed by atoms with Gasteiger partial charge < -0.3 is 20.3 Å². The number of amides is 2. The van der Waals surface area contributed by atoms with Gasteiger partial charge in [-0.1, -0.05) is 37.3 Å². The van der Waals surface area contributed by atoms with Crippen molar-refractivity contribution in [1.29, 1.82) is 0 Å². The number of hydrogen-bond acceptors (Lipinski definition) is 6. The predicted octanol–water partition coefficient (Wildman–Crippen LogP) is 2.83. The molecule has 3 aromatic rings. The normalized spacial score (nSPS) is 15.0. The van der Waals surface area contributed by atoms with Gasteiger partial charge in [-0.15, -0.1) is 0 Å². The summed E-state index contributed by atoms with van der Waals surface area (Å²) < 4.78 is 1.19. The summed E-state index contributed by atoms with van der Waals surface area (Å²) in [6.07, 6.45) is 3.02. The van der Waals surface area contributed by atoms with Gasteiger partial charge in [0.2, 0.25) is 5.91 Å². The van der Waals surface area contributed by atoms with Crippen molar-refractivity contribution in [2.24, 2.45) is 0 Å². The van der Waals surface area contributed by atoms with Crippen molar-refractivity contribution < 1.29 is 24.3 Å². The summed E-state index contributed by atoms with van der Waals surface area (Å²) in [7, 11) is 0. The van der Waals surface area contributed by atoms with Gasteiger partial charge in [0.1, 0.15) is 11.7 Å². The smallest absolute Gasteiger partial charge is 0.305 e. The van der Waals surface area contributed by atoms with E-state index in [0.717, 1.165) is 36.7 Å². The van der Waals surface area contributed by atoms with Crippen LogP contribution in [0.4, 0.5) is 5.69 Å². The number of rotatable bonds is 11. The van der Waals surface area contributed by atoms with Crippen LogP contribution in [0.2, 0.25) is 0 Å². The van der Waals surface area contributed by atoms with E-state index in [1.54, 1.807) is 25.1 Å². The second kappa shape index (κ2) is 12.5. The second-order valence-electron chi connectivity index (χ2n) is 9.68. The Kier molecular flexibility index (Phi) is 8.88. The third-order valence-corrected chi connectivity index (χ3v) is 6.92. The number of pyridine rings is 1. The number of carbonyl (C=O) groups is 4. The Morgan fingerprint density at radius 2 is 1.69 bits per heavy atom. The highest BCUT2D eigenvalue weighted by Gasteiger charge is 2.29. The number of hydrogen-bond donors (Lipinski definition) is 3. The lowest BCUT2D eigenvalue weighted by Crippen LogP contribution is -2.49. The molecule has 2 unspecified atom stereocenters. The molecule has 39 heavy (non-hydrogen) atoms. The largest absolute Gasteiger partial charge is 0.481 e. The quantitative estimate of drug-likeness (QED) is 0.345. The van der Waals surface area contributed by atoms with Crippen LogP contribution in [0, 0.1) is 0 Å². The van der Waals surface area contributed by atoms with Gasteiger partial charge in [0, 0.05) is 11.8 Å². The summed E-state index contributed by atoms with van der Waals surface area (Å²) in [4.78, 5) is 65.6. The van der Waals surface area contributed by atoms with E-state index in [-0.39, 0.29) is 24.4 Å². The molecule has 2 amide bonds. The molecular weight excluding hydrogens is 500 g/mol. The molecule has 204 valence electrons. The fraction of sp³-hybridized carbons (Fsp3) is 0.345. The summed E-state index contributed by atoms with van der Waals surface area (Å²) in [5, 5.41) is 16.4. The van der Waals surface area contributed by atoms with Gasteiger partial charge in [0.25, 0.3) is 11.5 Å². The highest BCUT2D eigenvalue weighted by Crippen LogP contribution is 2.17. The van der Waals surface area contributed by atoms with Crippen molar-refractivity contribution in [1.82, 2.24) is 14.8 Å². The van der Waals surface area contributed by atoms with Crippen LogP contribution in [0.1, 0.15) is 49.0 Å². The molecule has 0 aliphatic carbocycles. The van der Waals surface area contributed by atoms with Gasteiger partial charge in [-0.05, 0) is 67.4 Å². The molecule has 2 aromatic carbocycles. The number of Topliss-reactive ketones (excluding diaryl/α,β-unsaturated/α-hetero) is 1. The maximum absolute atomic E-state index is 13.3. The van der Waals surface area contributed by atoms with Crippen LogP contribution >= 0.6 is 0 Å². The van der Waals surface area contributed by atoms with E-state index >= 15 is 0 Å². The Bertz CT molecular complexity index is 1440. The first-order chi connectivity index (χ1) is 18.8. The van der Waals surface area contributed by atoms with Crippen LogP contribution < -0.4 is 16.2 Å². The van der Waals surface area contributed by atoms with Crippen LogP contribution in [0.25, 0.3) is 10.8 Å². The topological polar surface area (TPSA) is 138 Å². The molecule has 1 aliphatic rings. The van der Waals surface area contributed by atoms with Gasteiger partial charge in [-0.2, -0.15) is 0 Å². The van der Waals surface area contributed by atoms with Crippen LogP contribution in [-0.4, -0.2) is 63.8 Å². The van der Waals surface area contributed by atoms with Crippen molar-refractivity contribution in [3.8, 4) is 0 Å². The number of nitrogens with zero attached hydrogens (tertiary/aromatic N) is 2. The minimum Gasteiger partial charge on any atom is -0.481 e. The van der Waals surface area contributed by atoms with Gasteiger partial charge >= 0.3 is 5.97 Å². The fourth-order valence-corrected chi connectivity index (χ4v) is 4.84. The lowest BCUT2D eigenvalue weighted by atomic mass is 10.1. The molecule has 10 heteroatoms.